The number of nitrogens with zero attached hydrogens (tertiary/aromatic N) is 1. The minimum absolute atomic E-state index is 0.312. The number of Topliss-reactive ketones (excluding diaryl/α,β-unsaturated/α-hetero) is 1. The molecule has 1 fully saturated rings. The summed E-state index contributed by atoms with van der Waals surface area (Å²) in [6.45, 7) is 1.18. The van der Waals surface area contributed by atoms with Gasteiger partial charge in [0, 0.05) is 5.56 Å². The first-order valence-corrected chi connectivity index (χ1v) is 7.37. The maximum absolute atomic E-state index is 12.5. The predicted octanol–water partition coefficient (Wildman–Crippen LogP) is 1.34. The van der Waals surface area contributed by atoms with Crippen LogP contribution in [-0.4, -0.2) is 46.4 Å². The predicted molar refractivity (Wildman–Crippen MR) is 80.4 cm³/mol. The summed E-state index contributed by atoms with van der Waals surface area (Å²) in [5, 5.41) is 12.1. The maximum Gasteiger partial charge on any atom is 0.325 e. The number of hydrogen-bond acceptors (Lipinski definition) is 4. The fraction of sp³-hybridized carbons (Fsp3) is 0.438. The Hall–Kier alpha value is -2.21. The molecule has 1 aliphatic rings. The van der Waals surface area contributed by atoms with E-state index in [2.05, 4.69) is 5.32 Å². The second-order valence-corrected chi connectivity index (χ2v) is 5.45. The highest BCUT2D eigenvalue weighted by molar-refractivity contribution is 6.11. The molecule has 2 rings (SSSR count). The van der Waals surface area contributed by atoms with Gasteiger partial charge in [-0.25, -0.2) is 4.79 Å². The van der Waals surface area contributed by atoms with E-state index in [9.17, 15) is 19.5 Å². The molecule has 22 heavy (non-hydrogen) atoms. The number of benzene rings is 1. The molecule has 0 aromatic heterocycles. The highest BCUT2D eigenvalue weighted by Gasteiger charge is 2.50. The lowest BCUT2D eigenvalue weighted by Gasteiger charge is -2.23. The number of hydrogen-bond donors (Lipinski definition) is 2. The molecule has 1 aromatic carbocycles. The number of aliphatic hydroxyl groups excluding tert-OH is 1. The molecule has 6 heteroatoms. The highest BCUT2D eigenvalue weighted by Crippen LogP contribution is 2.24. The number of rotatable bonds is 7. The van der Waals surface area contributed by atoms with E-state index in [-0.39, 0.29) is 12.3 Å². The number of urea groups is 1. The second-order valence-electron chi connectivity index (χ2n) is 5.45. The van der Waals surface area contributed by atoms with Crippen LogP contribution in [-0.2, 0) is 4.79 Å². The summed E-state index contributed by atoms with van der Waals surface area (Å²) >= 11 is 0. The second kappa shape index (κ2) is 6.70. The van der Waals surface area contributed by atoms with Gasteiger partial charge in [-0.2, -0.15) is 0 Å². The van der Waals surface area contributed by atoms with Gasteiger partial charge in [0.15, 0.2) is 5.78 Å². The normalized spacial score (nSPS) is 21.1. The van der Waals surface area contributed by atoms with Gasteiger partial charge >= 0.3 is 6.03 Å². The number of aliphatic hydroxyl groups is 1. The van der Waals surface area contributed by atoms with E-state index in [0.29, 0.717) is 18.4 Å². The third kappa shape index (κ3) is 3.01. The van der Waals surface area contributed by atoms with E-state index >= 15 is 0 Å². The zero-order chi connectivity index (χ0) is 16.2. The number of carbonyl (C=O) groups excluding carboxylic acids is 3. The van der Waals surface area contributed by atoms with Gasteiger partial charge in [0.25, 0.3) is 5.91 Å². The topological polar surface area (TPSA) is 86.7 Å². The summed E-state index contributed by atoms with van der Waals surface area (Å²) in [5.41, 5.74) is -0.845. The summed E-state index contributed by atoms with van der Waals surface area (Å²) in [4.78, 5) is 37.6. The first-order chi connectivity index (χ1) is 10.5. The van der Waals surface area contributed by atoms with E-state index in [1.807, 2.05) is 6.92 Å². The van der Waals surface area contributed by atoms with Gasteiger partial charge in [0.05, 0.1) is 13.2 Å². The summed E-state index contributed by atoms with van der Waals surface area (Å²) in [6.07, 6.45) is 1.90. The van der Waals surface area contributed by atoms with Crippen LogP contribution in [0.15, 0.2) is 30.3 Å². The van der Waals surface area contributed by atoms with Gasteiger partial charge in [0.1, 0.15) is 5.54 Å². The molecule has 1 saturated heterocycles. The van der Waals surface area contributed by atoms with Crippen molar-refractivity contribution in [1.82, 2.24) is 10.2 Å². The smallest absolute Gasteiger partial charge is 0.325 e. The Morgan fingerprint density at radius 2 is 1.95 bits per heavy atom. The lowest BCUT2D eigenvalue weighted by Crippen LogP contribution is -2.50. The van der Waals surface area contributed by atoms with Gasteiger partial charge in [-0.15, -0.1) is 0 Å². The van der Waals surface area contributed by atoms with Crippen molar-refractivity contribution in [2.24, 2.45) is 0 Å². The van der Waals surface area contributed by atoms with Crippen molar-refractivity contribution in [2.45, 2.75) is 31.7 Å². The van der Waals surface area contributed by atoms with Crippen LogP contribution in [0.4, 0.5) is 4.79 Å². The first kappa shape index (κ1) is 16.2. The van der Waals surface area contributed by atoms with E-state index < -0.39 is 24.1 Å². The van der Waals surface area contributed by atoms with Crippen molar-refractivity contribution in [2.75, 3.05) is 13.2 Å². The van der Waals surface area contributed by atoms with Crippen LogP contribution in [0.2, 0.25) is 0 Å². The van der Waals surface area contributed by atoms with Crippen molar-refractivity contribution in [1.29, 1.82) is 0 Å². The number of unbranched alkanes of at least 4 members (excludes halogenated alkanes) is 1. The van der Waals surface area contributed by atoms with Gasteiger partial charge < -0.3 is 10.4 Å². The Morgan fingerprint density at radius 3 is 2.55 bits per heavy atom. The van der Waals surface area contributed by atoms with Crippen molar-refractivity contribution in [3.05, 3.63) is 35.9 Å². The minimum Gasteiger partial charge on any atom is -0.393 e. The van der Waals surface area contributed by atoms with Crippen LogP contribution in [0.25, 0.3) is 0 Å². The molecule has 1 aromatic rings. The molecule has 0 radical (unpaired) electrons. The van der Waals surface area contributed by atoms with Gasteiger partial charge in [-0.05, 0) is 6.42 Å². The summed E-state index contributed by atoms with van der Waals surface area (Å²) in [7, 11) is 0. The average molecular weight is 304 g/mol. The summed E-state index contributed by atoms with van der Waals surface area (Å²) < 4.78 is 0. The summed E-state index contributed by atoms with van der Waals surface area (Å²) in [6, 6.07) is 7.87. The van der Waals surface area contributed by atoms with Crippen molar-refractivity contribution < 1.29 is 19.5 Å². The van der Waals surface area contributed by atoms with Gasteiger partial charge in [0.2, 0.25) is 0 Å². The minimum atomic E-state index is -1.29. The van der Waals surface area contributed by atoms with E-state index in [1.54, 1.807) is 30.3 Å². The Labute approximate surface area is 129 Å². The molecule has 0 spiro atoms. The third-order valence-corrected chi connectivity index (χ3v) is 3.87. The van der Waals surface area contributed by atoms with Gasteiger partial charge in [-0.3, -0.25) is 14.5 Å². The van der Waals surface area contributed by atoms with E-state index in [0.717, 1.165) is 11.3 Å². The molecular formula is C16H20N2O4. The standard InChI is InChI=1S/C16H20N2O4/c1-2-3-9-16(11-19)14(21)18(15(22)17-16)10-13(20)12-7-5-4-6-8-12/h4-8,19H,2-3,9-11H2,1H3,(H,17,22). The van der Waals surface area contributed by atoms with Crippen molar-refractivity contribution in [3.8, 4) is 0 Å². The zero-order valence-electron chi connectivity index (χ0n) is 12.5. The first-order valence-electron chi connectivity index (χ1n) is 7.37. The Kier molecular flexibility index (Phi) is 4.92. The molecule has 6 nitrogen and oxygen atoms in total. The van der Waals surface area contributed by atoms with Crippen molar-refractivity contribution in [3.63, 3.8) is 0 Å². The molecule has 0 aliphatic carbocycles. The number of imide groups is 1. The lowest BCUT2D eigenvalue weighted by atomic mass is 9.93. The van der Waals surface area contributed by atoms with Crippen LogP contribution >= 0.6 is 0 Å². The number of amides is 3. The fourth-order valence-corrected chi connectivity index (χ4v) is 2.51. The third-order valence-electron chi connectivity index (χ3n) is 3.87. The molecular weight excluding hydrogens is 284 g/mol. The Bertz CT molecular complexity index is 573. The van der Waals surface area contributed by atoms with E-state index in [4.69, 9.17) is 0 Å². The highest BCUT2D eigenvalue weighted by atomic mass is 16.3. The Balaban J connectivity index is 2.13. The number of carbonyl (C=O) groups is 3. The molecule has 3 amide bonds. The molecule has 1 aliphatic heterocycles. The summed E-state index contributed by atoms with van der Waals surface area (Å²) in [5.74, 6) is -0.842. The quantitative estimate of drug-likeness (QED) is 0.588. The van der Waals surface area contributed by atoms with Crippen LogP contribution in [0.5, 0.6) is 0 Å². The van der Waals surface area contributed by atoms with Gasteiger partial charge in [-0.1, -0.05) is 50.1 Å². The molecule has 1 heterocycles. The number of nitrogens with one attached hydrogen (secondary N) is 1. The average Bonchev–Trinajstić information content (AvgIpc) is 2.78. The molecule has 2 N–H and O–H groups in total. The lowest BCUT2D eigenvalue weighted by molar-refractivity contribution is -0.132. The largest absolute Gasteiger partial charge is 0.393 e. The van der Waals surface area contributed by atoms with Crippen LogP contribution < -0.4 is 5.32 Å². The molecule has 0 saturated carbocycles. The van der Waals surface area contributed by atoms with Crippen molar-refractivity contribution >= 4 is 17.7 Å². The molecule has 0 bridgehead atoms. The monoisotopic (exact) mass is 304 g/mol. The Morgan fingerprint density at radius 1 is 1.27 bits per heavy atom. The molecule has 1 unspecified atom stereocenters. The van der Waals surface area contributed by atoms with Crippen LogP contribution in [0, 0.1) is 0 Å². The maximum atomic E-state index is 12.5. The SMILES string of the molecule is CCCCC1(CO)NC(=O)N(CC(=O)c2ccccc2)C1=O. The zero-order valence-corrected chi connectivity index (χ0v) is 12.5. The fourth-order valence-electron chi connectivity index (χ4n) is 2.51. The number of ketones is 1. The van der Waals surface area contributed by atoms with Crippen LogP contribution in [0.3, 0.4) is 0 Å². The molecule has 118 valence electrons. The van der Waals surface area contributed by atoms with Crippen LogP contribution in [0.1, 0.15) is 36.5 Å². The molecule has 1 atom stereocenters. The van der Waals surface area contributed by atoms with E-state index in [1.165, 1.54) is 0 Å².